The Morgan fingerprint density at radius 2 is 1.93 bits per heavy atom. The maximum Gasteiger partial charge on any atom is 0.212 e. The molecule has 1 atom stereocenters. The fourth-order valence-electron chi connectivity index (χ4n) is 1.31. The molecule has 0 saturated carbocycles. The lowest BCUT2D eigenvalue weighted by atomic mass is 10.2. The molecule has 0 radical (unpaired) electrons. The van der Waals surface area contributed by atoms with Crippen LogP contribution < -0.4 is 10.5 Å². The summed E-state index contributed by atoms with van der Waals surface area (Å²) >= 11 is 0. The molecule has 0 aromatic rings. The van der Waals surface area contributed by atoms with Crippen LogP contribution in [0, 0.1) is 5.92 Å². The maximum absolute atomic E-state index is 11.5. The van der Waals surface area contributed by atoms with Gasteiger partial charge < -0.3 is 5.73 Å². The van der Waals surface area contributed by atoms with Crippen LogP contribution in [0.15, 0.2) is 0 Å². The van der Waals surface area contributed by atoms with Crippen LogP contribution in [0.25, 0.3) is 0 Å². The summed E-state index contributed by atoms with van der Waals surface area (Å²) in [5.74, 6) is 0.320. The third-order valence-corrected chi connectivity index (χ3v) is 3.62. The van der Waals surface area contributed by atoms with Crippen LogP contribution in [0.5, 0.6) is 0 Å². The van der Waals surface area contributed by atoms with Gasteiger partial charge in [0.2, 0.25) is 10.0 Å². The van der Waals surface area contributed by atoms with E-state index in [1.54, 1.807) is 0 Å². The molecule has 0 aliphatic rings. The standard InChI is InChI=1S/C9H22N2O2S/c1-4-5-9(6-10)11-14(12,13)7-8(2)3/h8-9,11H,4-7,10H2,1-3H3. The van der Waals surface area contributed by atoms with Crippen molar-refractivity contribution in [3.63, 3.8) is 0 Å². The first kappa shape index (κ1) is 13.9. The molecular formula is C9H22N2O2S. The summed E-state index contributed by atoms with van der Waals surface area (Å²) in [5, 5.41) is 0. The Kier molecular flexibility index (Phi) is 6.31. The van der Waals surface area contributed by atoms with E-state index in [0.29, 0.717) is 6.54 Å². The maximum atomic E-state index is 11.5. The van der Waals surface area contributed by atoms with Gasteiger partial charge in [0.05, 0.1) is 5.75 Å². The van der Waals surface area contributed by atoms with Crippen molar-refractivity contribution in [3.05, 3.63) is 0 Å². The molecule has 0 spiro atoms. The lowest BCUT2D eigenvalue weighted by molar-refractivity contribution is 0.520. The van der Waals surface area contributed by atoms with E-state index in [0.717, 1.165) is 12.8 Å². The number of nitrogens with two attached hydrogens (primary N) is 1. The predicted molar refractivity (Wildman–Crippen MR) is 59.5 cm³/mol. The molecule has 0 aliphatic carbocycles. The normalized spacial score (nSPS) is 14.6. The van der Waals surface area contributed by atoms with Crippen LogP contribution in [0.4, 0.5) is 0 Å². The highest BCUT2D eigenvalue weighted by atomic mass is 32.2. The minimum atomic E-state index is -3.14. The number of nitrogens with one attached hydrogen (secondary N) is 1. The highest BCUT2D eigenvalue weighted by molar-refractivity contribution is 7.89. The van der Waals surface area contributed by atoms with E-state index in [4.69, 9.17) is 5.73 Å². The molecule has 0 fully saturated rings. The van der Waals surface area contributed by atoms with Gasteiger partial charge in [-0.1, -0.05) is 27.2 Å². The molecule has 0 aromatic heterocycles. The SMILES string of the molecule is CCCC(CN)NS(=O)(=O)CC(C)C. The van der Waals surface area contributed by atoms with Gasteiger partial charge in [0, 0.05) is 12.6 Å². The monoisotopic (exact) mass is 222 g/mol. The molecule has 5 heteroatoms. The Morgan fingerprint density at radius 1 is 1.36 bits per heavy atom. The Labute approximate surface area is 87.3 Å². The molecular weight excluding hydrogens is 200 g/mol. The zero-order chi connectivity index (χ0) is 11.2. The molecule has 1 unspecified atom stereocenters. The molecule has 0 rings (SSSR count). The smallest absolute Gasteiger partial charge is 0.212 e. The topological polar surface area (TPSA) is 72.2 Å². The minimum Gasteiger partial charge on any atom is -0.329 e. The summed E-state index contributed by atoms with van der Waals surface area (Å²) in [7, 11) is -3.14. The molecule has 0 aromatic carbocycles. The Bertz CT molecular complexity index is 237. The van der Waals surface area contributed by atoms with Gasteiger partial charge in [0.15, 0.2) is 0 Å². The zero-order valence-corrected chi connectivity index (χ0v) is 10.1. The van der Waals surface area contributed by atoms with Gasteiger partial charge in [-0.05, 0) is 12.3 Å². The lowest BCUT2D eigenvalue weighted by Gasteiger charge is -2.16. The summed E-state index contributed by atoms with van der Waals surface area (Å²) in [6.07, 6.45) is 1.74. The quantitative estimate of drug-likeness (QED) is 0.665. The van der Waals surface area contributed by atoms with Crippen molar-refractivity contribution in [1.29, 1.82) is 0 Å². The van der Waals surface area contributed by atoms with Crippen molar-refractivity contribution in [2.75, 3.05) is 12.3 Å². The van der Waals surface area contributed by atoms with Crippen LogP contribution in [0.2, 0.25) is 0 Å². The van der Waals surface area contributed by atoms with E-state index < -0.39 is 10.0 Å². The molecule has 3 N–H and O–H groups in total. The van der Waals surface area contributed by atoms with Crippen LogP contribution in [0.1, 0.15) is 33.6 Å². The Morgan fingerprint density at radius 3 is 2.29 bits per heavy atom. The predicted octanol–water partition coefficient (Wildman–Crippen LogP) is 0.689. The van der Waals surface area contributed by atoms with Crippen molar-refractivity contribution < 1.29 is 8.42 Å². The van der Waals surface area contributed by atoms with Gasteiger partial charge >= 0.3 is 0 Å². The zero-order valence-electron chi connectivity index (χ0n) is 9.29. The average molecular weight is 222 g/mol. The van der Waals surface area contributed by atoms with Gasteiger partial charge in [-0.2, -0.15) is 0 Å². The van der Waals surface area contributed by atoms with Crippen LogP contribution in [-0.2, 0) is 10.0 Å². The lowest BCUT2D eigenvalue weighted by Crippen LogP contribution is -2.41. The Hall–Kier alpha value is -0.130. The van der Waals surface area contributed by atoms with Crippen molar-refractivity contribution in [2.45, 2.75) is 39.7 Å². The first-order valence-corrected chi connectivity index (χ1v) is 6.76. The Balaban J connectivity index is 4.18. The first-order chi connectivity index (χ1) is 6.41. The summed E-state index contributed by atoms with van der Waals surface area (Å²) in [5.41, 5.74) is 5.47. The highest BCUT2D eigenvalue weighted by Crippen LogP contribution is 2.01. The molecule has 0 aliphatic heterocycles. The highest BCUT2D eigenvalue weighted by Gasteiger charge is 2.17. The minimum absolute atomic E-state index is 0.108. The number of rotatable bonds is 7. The van der Waals surface area contributed by atoms with Crippen molar-refractivity contribution >= 4 is 10.0 Å². The molecule has 14 heavy (non-hydrogen) atoms. The van der Waals surface area contributed by atoms with E-state index >= 15 is 0 Å². The van der Waals surface area contributed by atoms with Gasteiger partial charge in [-0.3, -0.25) is 0 Å². The van der Waals surface area contributed by atoms with Gasteiger partial charge in [0.1, 0.15) is 0 Å². The fraction of sp³-hybridized carbons (Fsp3) is 1.00. The third-order valence-electron chi connectivity index (χ3n) is 1.82. The summed E-state index contributed by atoms with van der Waals surface area (Å²) in [4.78, 5) is 0. The second-order valence-corrected chi connectivity index (χ2v) is 5.81. The van der Waals surface area contributed by atoms with E-state index in [2.05, 4.69) is 4.72 Å². The van der Waals surface area contributed by atoms with E-state index in [9.17, 15) is 8.42 Å². The third kappa shape index (κ3) is 6.34. The van der Waals surface area contributed by atoms with E-state index in [-0.39, 0.29) is 17.7 Å². The van der Waals surface area contributed by atoms with E-state index in [1.165, 1.54) is 0 Å². The second kappa shape index (κ2) is 6.37. The average Bonchev–Trinajstić information content (AvgIpc) is 2.00. The second-order valence-electron chi connectivity index (χ2n) is 4.01. The van der Waals surface area contributed by atoms with Crippen molar-refractivity contribution in [3.8, 4) is 0 Å². The number of hydrogen-bond donors (Lipinski definition) is 2. The van der Waals surface area contributed by atoms with Crippen LogP contribution in [0.3, 0.4) is 0 Å². The fourth-order valence-corrected chi connectivity index (χ4v) is 3.01. The molecule has 4 nitrogen and oxygen atoms in total. The molecule has 86 valence electrons. The first-order valence-electron chi connectivity index (χ1n) is 5.11. The van der Waals surface area contributed by atoms with Gasteiger partial charge in [-0.15, -0.1) is 0 Å². The van der Waals surface area contributed by atoms with Gasteiger partial charge in [-0.25, -0.2) is 13.1 Å². The molecule has 0 amide bonds. The van der Waals surface area contributed by atoms with Crippen LogP contribution >= 0.6 is 0 Å². The van der Waals surface area contributed by atoms with E-state index in [1.807, 2.05) is 20.8 Å². The molecule has 0 heterocycles. The summed E-state index contributed by atoms with van der Waals surface area (Å²) in [6.45, 7) is 6.15. The number of hydrogen-bond acceptors (Lipinski definition) is 3. The summed E-state index contributed by atoms with van der Waals surface area (Å²) < 4.78 is 25.7. The van der Waals surface area contributed by atoms with Gasteiger partial charge in [0.25, 0.3) is 0 Å². The largest absolute Gasteiger partial charge is 0.329 e. The molecule has 0 saturated heterocycles. The van der Waals surface area contributed by atoms with Crippen molar-refractivity contribution in [1.82, 2.24) is 4.72 Å². The van der Waals surface area contributed by atoms with Crippen molar-refractivity contribution in [2.24, 2.45) is 11.7 Å². The summed E-state index contributed by atoms with van der Waals surface area (Å²) in [6, 6.07) is -0.108. The number of sulfonamides is 1. The van der Waals surface area contributed by atoms with Crippen LogP contribution in [-0.4, -0.2) is 26.8 Å². The molecule has 0 bridgehead atoms.